The van der Waals surface area contributed by atoms with Crippen LogP contribution in [0.15, 0.2) is 35.7 Å². The molecule has 0 aliphatic heterocycles. The quantitative estimate of drug-likeness (QED) is 0.673. The van der Waals surface area contributed by atoms with E-state index in [0.29, 0.717) is 0 Å². The third-order valence-electron chi connectivity index (χ3n) is 2.25. The van der Waals surface area contributed by atoms with Crippen LogP contribution >= 0.6 is 11.8 Å². The molecular weight excluding hydrogens is 214 g/mol. The zero-order chi connectivity index (χ0) is 11.6. The number of thioether (sulfide) groups is 1. The first-order valence-corrected chi connectivity index (χ1v) is 6.67. The summed E-state index contributed by atoms with van der Waals surface area (Å²) in [6, 6.07) is 9.91. The van der Waals surface area contributed by atoms with Crippen LogP contribution in [-0.2, 0) is 5.75 Å². The zero-order valence-corrected chi connectivity index (χ0v) is 10.5. The van der Waals surface area contributed by atoms with Gasteiger partial charge in [0.25, 0.3) is 0 Å². The van der Waals surface area contributed by atoms with E-state index in [9.17, 15) is 0 Å². The van der Waals surface area contributed by atoms with Gasteiger partial charge in [0.05, 0.1) is 11.6 Å². The van der Waals surface area contributed by atoms with Gasteiger partial charge in [-0.25, -0.2) is 0 Å². The number of nitriles is 1. The van der Waals surface area contributed by atoms with Crippen LogP contribution in [0.4, 0.5) is 0 Å². The molecule has 1 rings (SSSR count). The van der Waals surface area contributed by atoms with Gasteiger partial charge in [0.1, 0.15) is 0 Å². The van der Waals surface area contributed by atoms with Gasteiger partial charge in [-0.1, -0.05) is 38.0 Å². The molecule has 0 bridgehead atoms. The van der Waals surface area contributed by atoms with Crippen molar-refractivity contribution in [3.05, 3.63) is 46.9 Å². The number of allylic oxidation sites excluding steroid dienone is 1. The molecule has 0 saturated heterocycles. The Morgan fingerprint density at radius 2 is 2.06 bits per heavy atom. The number of nitrogens with zero attached hydrogens (tertiary/aromatic N) is 1. The van der Waals surface area contributed by atoms with E-state index in [2.05, 4.69) is 24.5 Å². The Labute approximate surface area is 102 Å². The average Bonchev–Trinajstić information content (AvgIpc) is 2.34. The maximum atomic E-state index is 8.66. The summed E-state index contributed by atoms with van der Waals surface area (Å²) in [6.07, 6.45) is 5.94. The standard InChI is InChI=1S/C14H17NS/c1-2-3-4-5-10-16-12-14-8-6-13(11-15)7-9-14/h5-10H,2-4,12H2,1H3/b10-5+. The fourth-order valence-corrected chi connectivity index (χ4v) is 2.03. The Hall–Kier alpha value is -1.20. The van der Waals surface area contributed by atoms with E-state index < -0.39 is 0 Å². The first-order chi connectivity index (χ1) is 7.86. The molecule has 0 spiro atoms. The van der Waals surface area contributed by atoms with E-state index in [1.54, 1.807) is 11.8 Å². The Bertz CT molecular complexity index is 359. The molecule has 16 heavy (non-hydrogen) atoms. The van der Waals surface area contributed by atoms with Crippen molar-refractivity contribution in [2.75, 3.05) is 0 Å². The van der Waals surface area contributed by atoms with Gasteiger partial charge in [0.15, 0.2) is 0 Å². The molecule has 0 aliphatic carbocycles. The van der Waals surface area contributed by atoms with Gasteiger partial charge in [-0.15, -0.1) is 11.8 Å². The van der Waals surface area contributed by atoms with Crippen LogP contribution in [0.25, 0.3) is 0 Å². The van der Waals surface area contributed by atoms with Crippen LogP contribution in [0.3, 0.4) is 0 Å². The van der Waals surface area contributed by atoms with Gasteiger partial charge < -0.3 is 0 Å². The molecule has 0 amide bonds. The van der Waals surface area contributed by atoms with Gasteiger partial charge in [0.2, 0.25) is 0 Å². The van der Waals surface area contributed by atoms with E-state index in [-0.39, 0.29) is 0 Å². The van der Waals surface area contributed by atoms with Crippen LogP contribution < -0.4 is 0 Å². The third kappa shape index (κ3) is 5.04. The summed E-state index contributed by atoms with van der Waals surface area (Å²) >= 11 is 1.81. The van der Waals surface area contributed by atoms with Crippen molar-refractivity contribution in [3.8, 4) is 6.07 Å². The van der Waals surface area contributed by atoms with Gasteiger partial charge in [-0.2, -0.15) is 5.26 Å². The van der Waals surface area contributed by atoms with Crippen LogP contribution in [0, 0.1) is 11.3 Å². The summed E-state index contributed by atoms with van der Waals surface area (Å²) < 4.78 is 0. The lowest BCUT2D eigenvalue weighted by atomic mass is 10.2. The lowest BCUT2D eigenvalue weighted by molar-refractivity contribution is 0.815. The van der Waals surface area contributed by atoms with Crippen molar-refractivity contribution in [2.24, 2.45) is 0 Å². The topological polar surface area (TPSA) is 23.8 Å². The Morgan fingerprint density at radius 1 is 1.31 bits per heavy atom. The summed E-state index contributed by atoms with van der Waals surface area (Å²) in [5, 5.41) is 10.8. The molecule has 0 aromatic heterocycles. The maximum absolute atomic E-state index is 8.66. The monoisotopic (exact) mass is 231 g/mol. The summed E-state index contributed by atoms with van der Waals surface area (Å²) in [4.78, 5) is 0. The minimum absolute atomic E-state index is 0.729. The number of hydrogen-bond acceptors (Lipinski definition) is 2. The van der Waals surface area contributed by atoms with E-state index in [1.807, 2.05) is 24.3 Å². The van der Waals surface area contributed by atoms with E-state index >= 15 is 0 Å². The third-order valence-corrected chi connectivity index (χ3v) is 3.13. The van der Waals surface area contributed by atoms with Crippen LogP contribution in [0.5, 0.6) is 0 Å². The highest BCUT2D eigenvalue weighted by atomic mass is 32.2. The average molecular weight is 231 g/mol. The van der Waals surface area contributed by atoms with Gasteiger partial charge in [-0.05, 0) is 29.5 Å². The lowest BCUT2D eigenvalue weighted by Gasteiger charge is -1.97. The fourth-order valence-electron chi connectivity index (χ4n) is 1.28. The van der Waals surface area contributed by atoms with Crippen LogP contribution in [0.1, 0.15) is 37.3 Å². The molecule has 1 aromatic rings. The zero-order valence-electron chi connectivity index (χ0n) is 9.65. The van der Waals surface area contributed by atoms with E-state index in [1.165, 1.54) is 24.8 Å². The Kier molecular flexibility index (Phi) is 6.44. The van der Waals surface area contributed by atoms with Crippen molar-refractivity contribution < 1.29 is 0 Å². The molecule has 0 fully saturated rings. The second-order valence-corrected chi connectivity index (χ2v) is 4.53. The summed E-state index contributed by atoms with van der Waals surface area (Å²) in [5.41, 5.74) is 2.00. The first-order valence-electron chi connectivity index (χ1n) is 5.62. The van der Waals surface area contributed by atoms with Crippen LogP contribution in [0.2, 0.25) is 0 Å². The number of rotatable bonds is 6. The Balaban J connectivity index is 2.27. The number of benzene rings is 1. The molecule has 0 radical (unpaired) electrons. The van der Waals surface area contributed by atoms with Crippen molar-refractivity contribution in [1.29, 1.82) is 5.26 Å². The lowest BCUT2D eigenvalue weighted by Crippen LogP contribution is -1.79. The van der Waals surface area contributed by atoms with Crippen molar-refractivity contribution >= 4 is 11.8 Å². The summed E-state index contributed by atoms with van der Waals surface area (Å²) in [5.74, 6) is 0.980. The highest BCUT2D eigenvalue weighted by Crippen LogP contribution is 2.14. The Morgan fingerprint density at radius 3 is 2.69 bits per heavy atom. The normalized spacial score (nSPS) is 10.5. The highest BCUT2D eigenvalue weighted by molar-refractivity contribution is 8.01. The molecule has 0 atom stereocenters. The maximum Gasteiger partial charge on any atom is 0.0991 e. The molecule has 0 heterocycles. The molecule has 0 N–H and O–H groups in total. The predicted molar refractivity (Wildman–Crippen MR) is 71.1 cm³/mol. The van der Waals surface area contributed by atoms with Crippen molar-refractivity contribution in [1.82, 2.24) is 0 Å². The molecule has 2 heteroatoms. The predicted octanol–water partition coefficient (Wildman–Crippen LogP) is 4.50. The van der Waals surface area contributed by atoms with Gasteiger partial charge >= 0.3 is 0 Å². The largest absolute Gasteiger partial charge is 0.192 e. The second-order valence-electron chi connectivity index (χ2n) is 3.63. The fraction of sp³-hybridized carbons (Fsp3) is 0.357. The van der Waals surface area contributed by atoms with Crippen molar-refractivity contribution in [3.63, 3.8) is 0 Å². The van der Waals surface area contributed by atoms with Gasteiger partial charge in [-0.3, -0.25) is 0 Å². The SMILES string of the molecule is CCCC/C=C/SCc1ccc(C#N)cc1. The molecule has 84 valence electrons. The number of hydrogen-bond donors (Lipinski definition) is 0. The molecule has 0 aliphatic rings. The van der Waals surface area contributed by atoms with Gasteiger partial charge in [0, 0.05) is 5.75 Å². The summed E-state index contributed by atoms with van der Waals surface area (Å²) in [6.45, 7) is 2.21. The minimum Gasteiger partial charge on any atom is -0.192 e. The molecular formula is C14H17NS. The van der Waals surface area contributed by atoms with E-state index in [0.717, 1.165) is 11.3 Å². The molecule has 1 aromatic carbocycles. The first kappa shape index (κ1) is 12.9. The van der Waals surface area contributed by atoms with Crippen molar-refractivity contribution in [2.45, 2.75) is 31.9 Å². The number of unbranched alkanes of at least 4 members (excludes halogenated alkanes) is 2. The minimum atomic E-state index is 0.729. The smallest absolute Gasteiger partial charge is 0.0991 e. The molecule has 0 unspecified atom stereocenters. The summed E-state index contributed by atoms with van der Waals surface area (Å²) in [7, 11) is 0. The molecule has 0 saturated carbocycles. The highest BCUT2D eigenvalue weighted by Gasteiger charge is 1.92. The van der Waals surface area contributed by atoms with E-state index in [4.69, 9.17) is 5.26 Å². The van der Waals surface area contributed by atoms with Crippen LogP contribution in [-0.4, -0.2) is 0 Å². The second kappa shape index (κ2) is 8.01. The molecule has 1 nitrogen and oxygen atoms in total.